The van der Waals surface area contributed by atoms with Crippen LogP contribution < -0.4 is 0 Å². The monoisotopic (exact) mass is 202 g/mol. The van der Waals surface area contributed by atoms with E-state index in [-0.39, 0.29) is 19.8 Å². The van der Waals surface area contributed by atoms with Gasteiger partial charge in [0.1, 0.15) is 0 Å². The van der Waals surface area contributed by atoms with E-state index in [1.807, 2.05) is 13.8 Å². The van der Waals surface area contributed by atoms with E-state index < -0.39 is 0 Å². The molecule has 0 amide bonds. The van der Waals surface area contributed by atoms with Crippen LogP contribution >= 0.6 is 12.4 Å². The topological polar surface area (TPSA) is 0 Å². The summed E-state index contributed by atoms with van der Waals surface area (Å²) in [4.78, 5) is 0. The molecule has 78 valence electrons. The van der Waals surface area contributed by atoms with Gasteiger partial charge in [-0.1, -0.05) is 45.0 Å². The highest BCUT2D eigenvalue weighted by atomic mass is 35.5. The molecule has 1 aromatic carbocycles. The molecule has 0 aliphatic carbocycles. The Morgan fingerprint density at radius 2 is 1.31 bits per heavy atom. The van der Waals surface area contributed by atoms with Crippen LogP contribution in [-0.4, -0.2) is 0 Å². The molecule has 13 heavy (non-hydrogen) atoms. The van der Waals surface area contributed by atoms with Gasteiger partial charge in [-0.05, 0) is 31.9 Å². The second-order valence-corrected chi connectivity index (χ2v) is 2.59. The van der Waals surface area contributed by atoms with Gasteiger partial charge in [0.25, 0.3) is 0 Å². The lowest BCUT2D eigenvalue weighted by molar-refractivity contribution is 1.30. The molecule has 0 saturated heterocycles. The van der Waals surface area contributed by atoms with E-state index in [0.29, 0.717) is 0 Å². The smallest absolute Gasteiger partial charge is 0.0395 e. The van der Waals surface area contributed by atoms with Crippen molar-refractivity contribution in [1.29, 1.82) is 0 Å². The maximum absolute atomic E-state index is 2.20. The van der Waals surface area contributed by atoms with Gasteiger partial charge in [-0.15, -0.1) is 12.4 Å². The Hall–Kier alpha value is -0.490. The van der Waals surface area contributed by atoms with Crippen molar-refractivity contribution >= 4 is 12.4 Å². The van der Waals surface area contributed by atoms with Crippen molar-refractivity contribution in [3.63, 3.8) is 0 Å². The molecule has 0 aliphatic heterocycles. The first kappa shape index (κ1) is 18.3. The second-order valence-electron chi connectivity index (χ2n) is 2.59. The highest BCUT2D eigenvalue weighted by Crippen LogP contribution is 2.07. The van der Waals surface area contributed by atoms with Gasteiger partial charge in [-0.25, -0.2) is 0 Å². The summed E-state index contributed by atoms with van der Waals surface area (Å²) in [6.07, 6.45) is 0. The van der Waals surface area contributed by atoms with Crippen molar-refractivity contribution in [3.05, 3.63) is 34.9 Å². The quantitative estimate of drug-likeness (QED) is 0.573. The molecule has 0 unspecified atom stereocenters. The molecule has 0 spiro atoms. The van der Waals surface area contributed by atoms with Gasteiger partial charge in [-0.3, -0.25) is 0 Å². The number of rotatable bonds is 0. The Balaban J connectivity index is -0.000000234. The number of hydrogen-bond acceptors (Lipinski definition) is 0. The molecular weight excluding hydrogens is 180 g/mol. The molecular formula is C12H23Cl. The molecule has 0 radical (unpaired) electrons. The van der Waals surface area contributed by atoms with Crippen molar-refractivity contribution in [2.45, 2.75) is 42.0 Å². The predicted octanol–water partition coefficient (Wildman–Crippen LogP) is 4.70. The summed E-state index contributed by atoms with van der Waals surface area (Å²) in [6, 6.07) is 6.50. The van der Waals surface area contributed by atoms with Gasteiger partial charge in [0.15, 0.2) is 0 Å². The lowest BCUT2D eigenvalue weighted by atomic mass is 10.1. The summed E-state index contributed by atoms with van der Waals surface area (Å²) in [5.74, 6) is 0. The fourth-order valence-corrected chi connectivity index (χ4v) is 0.891. The molecule has 1 heteroatoms. The normalized spacial score (nSPS) is 7.15. The number of aryl methyl sites for hydroxylation is 3. The first-order chi connectivity index (χ1) is 5.20. The van der Waals surface area contributed by atoms with Gasteiger partial charge >= 0.3 is 0 Å². The van der Waals surface area contributed by atoms with E-state index in [0.717, 1.165) is 0 Å². The molecule has 0 atom stereocenters. The van der Waals surface area contributed by atoms with Crippen molar-refractivity contribution in [1.82, 2.24) is 0 Å². The van der Waals surface area contributed by atoms with Crippen LogP contribution in [0, 0.1) is 20.8 Å². The van der Waals surface area contributed by atoms with Gasteiger partial charge < -0.3 is 0 Å². The van der Waals surface area contributed by atoms with Crippen LogP contribution in [-0.2, 0) is 0 Å². The van der Waals surface area contributed by atoms with Gasteiger partial charge in [0.05, 0.1) is 0 Å². The Bertz CT molecular complexity index is 216. The van der Waals surface area contributed by atoms with E-state index in [2.05, 4.69) is 39.0 Å². The minimum absolute atomic E-state index is 0. The Kier molecular flexibility index (Phi) is 13.5. The lowest BCUT2D eigenvalue weighted by Crippen LogP contribution is -1.79. The molecule has 1 aromatic rings. The largest absolute Gasteiger partial charge is 0.147 e. The highest BCUT2D eigenvalue weighted by Gasteiger charge is 1.89. The van der Waals surface area contributed by atoms with E-state index in [1.54, 1.807) is 0 Å². The summed E-state index contributed by atoms with van der Waals surface area (Å²) in [5, 5.41) is 0. The third-order valence-electron chi connectivity index (χ3n) is 1.66. The number of halogens is 1. The average molecular weight is 203 g/mol. The second kappa shape index (κ2) is 9.60. The fourth-order valence-electron chi connectivity index (χ4n) is 0.891. The molecule has 1 rings (SSSR count). The van der Waals surface area contributed by atoms with Crippen molar-refractivity contribution < 1.29 is 0 Å². The van der Waals surface area contributed by atoms with Crippen LogP contribution in [0.1, 0.15) is 38.0 Å². The summed E-state index contributed by atoms with van der Waals surface area (Å²) in [7, 11) is 0. The molecule has 0 fully saturated rings. The Labute approximate surface area is 89.8 Å². The van der Waals surface area contributed by atoms with Crippen LogP contribution in [0.4, 0.5) is 0 Å². The number of benzene rings is 1. The molecule has 0 nitrogen and oxygen atoms in total. The number of hydrogen-bond donors (Lipinski definition) is 0. The SMILES string of the molecule is C.CC.Cc1ccc(C)c(C)c1.Cl. The summed E-state index contributed by atoms with van der Waals surface area (Å²) in [6.45, 7) is 10.4. The van der Waals surface area contributed by atoms with Crippen molar-refractivity contribution in [2.75, 3.05) is 0 Å². The van der Waals surface area contributed by atoms with Crippen LogP contribution in [0.25, 0.3) is 0 Å². The molecule has 0 heterocycles. The zero-order valence-corrected chi connectivity index (χ0v) is 9.46. The van der Waals surface area contributed by atoms with Gasteiger partial charge in [-0.2, -0.15) is 0 Å². The minimum atomic E-state index is 0. The maximum Gasteiger partial charge on any atom is -0.0395 e. The molecule has 0 bridgehead atoms. The van der Waals surface area contributed by atoms with E-state index >= 15 is 0 Å². The standard InChI is InChI=1S/C9H12.C2H6.CH4.ClH/c1-7-4-5-8(2)9(3)6-7;1-2;;/h4-6H,1-3H3;1-2H3;1H4;1H. The van der Waals surface area contributed by atoms with Gasteiger partial charge in [0, 0.05) is 0 Å². The van der Waals surface area contributed by atoms with E-state index in [9.17, 15) is 0 Å². The maximum atomic E-state index is 2.20. The predicted molar refractivity (Wildman–Crippen MR) is 66.0 cm³/mol. The van der Waals surface area contributed by atoms with Gasteiger partial charge in [0.2, 0.25) is 0 Å². The lowest BCUT2D eigenvalue weighted by Gasteiger charge is -1.98. The zero-order valence-electron chi connectivity index (χ0n) is 8.64. The minimum Gasteiger partial charge on any atom is -0.147 e. The van der Waals surface area contributed by atoms with Crippen LogP contribution in [0.2, 0.25) is 0 Å². The summed E-state index contributed by atoms with van der Waals surface area (Å²) in [5.41, 5.74) is 4.11. The molecule has 0 aromatic heterocycles. The molecule has 0 saturated carbocycles. The fraction of sp³-hybridized carbons (Fsp3) is 0.500. The average Bonchev–Trinajstić information content (AvgIpc) is 2.02. The summed E-state index contributed by atoms with van der Waals surface area (Å²) < 4.78 is 0. The molecule has 0 aliphatic rings. The Morgan fingerprint density at radius 1 is 0.846 bits per heavy atom. The first-order valence-electron chi connectivity index (χ1n) is 4.24. The van der Waals surface area contributed by atoms with Crippen molar-refractivity contribution in [2.24, 2.45) is 0 Å². The van der Waals surface area contributed by atoms with Crippen LogP contribution in [0.5, 0.6) is 0 Å². The van der Waals surface area contributed by atoms with Crippen LogP contribution in [0.3, 0.4) is 0 Å². The zero-order chi connectivity index (χ0) is 8.85. The third-order valence-corrected chi connectivity index (χ3v) is 1.66. The highest BCUT2D eigenvalue weighted by molar-refractivity contribution is 5.85. The van der Waals surface area contributed by atoms with Crippen LogP contribution in [0.15, 0.2) is 18.2 Å². The third kappa shape index (κ3) is 6.65. The Morgan fingerprint density at radius 3 is 1.62 bits per heavy atom. The summed E-state index contributed by atoms with van der Waals surface area (Å²) >= 11 is 0. The van der Waals surface area contributed by atoms with E-state index in [4.69, 9.17) is 0 Å². The van der Waals surface area contributed by atoms with E-state index in [1.165, 1.54) is 16.7 Å². The molecule has 0 N–H and O–H groups in total. The first-order valence-corrected chi connectivity index (χ1v) is 4.24. The van der Waals surface area contributed by atoms with Crippen molar-refractivity contribution in [3.8, 4) is 0 Å².